The molecule has 47 heavy (non-hydrogen) atoms. The van der Waals surface area contributed by atoms with E-state index in [9.17, 15) is 33.6 Å². The van der Waals surface area contributed by atoms with E-state index in [0.717, 1.165) is 5.69 Å². The van der Waals surface area contributed by atoms with Crippen molar-refractivity contribution in [2.45, 2.75) is 50.0 Å². The van der Waals surface area contributed by atoms with Crippen LogP contribution in [0.5, 0.6) is 0 Å². The third kappa shape index (κ3) is 29.5. The van der Waals surface area contributed by atoms with Crippen LogP contribution >= 0.6 is 37.9 Å². The molecule has 0 bridgehead atoms. The molecule has 20 nitrogen and oxygen atoms in total. The highest BCUT2D eigenvalue weighted by atomic mass is 32.1. The summed E-state index contributed by atoms with van der Waals surface area (Å²) in [6.45, 7) is -0.265. The highest BCUT2D eigenvalue weighted by Gasteiger charge is 2.18. The summed E-state index contributed by atoms with van der Waals surface area (Å²) < 4.78 is 4.42. The number of imidazole rings is 1. The minimum Gasteiger partial charge on any atom is -0.480 e. The van der Waals surface area contributed by atoms with Gasteiger partial charge in [0.1, 0.15) is 24.7 Å². The van der Waals surface area contributed by atoms with Crippen LogP contribution in [0.4, 0.5) is 0 Å². The number of carbonyl (C=O) groups is 7. The first-order valence-corrected chi connectivity index (χ1v) is 15.2. The Bertz CT molecular complexity index is 1080. The summed E-state index contributed by atoms with van der Waals surface area (Å²) in [6, 6.07) is -2.41. The average molecular weight is 735 g/mol. The highest BCUT2D eigenvalue weighted by molar-refractivity contribution is 7.80. The summed E-state index contributed by atoms with van der Waals surface area (Å²) in [4.78, 5) is 79.9. The second-order valence-electron chi connectivity index (χ2n) is 8.91. The number of nitrogens with zero attached hydrogens (tertiary/aromatic N) is 1. The number of H-pyrrole nitrogens is 1. The molecule has 2 amide bonds. The molecule has 15 N–H and O–H groups in total. The fraction of sp³-hybridized carbons (Fsp3) is 0.583. The van der Waals surface area contributed by atoms with Gasteiger partial charge in [0, 0.05) is 50.6 Å². The normalized spacial score (nSPS) is 13.0. The number of carboxylic acids is 4. The molecule has 0 radical (unpaired) electrons. The first kappa shape index (κ1) is 47.8. The molecule has 23 heteroatoms. The van der Waals surface area contributed by atoms with Crippen molar-refractivity contribution in [2.24, 2.45) is 28.9 Å². The third-order valence-corrected chi connectivity index (χ3v) is 6.11. The van der Waals surface area contributed by atoms with Gasteiger partial charge in [0.2, 0.25) is 11.8 Å². The Morgan fingerprint density at radius 2 is 1.47 bits per heavy atom. The van der Waals surface area contributed by atoms with Crippen molar-refractivity contribution in [3.05, 3.63) is 18.2 Å². The lowest BCUT2D eigenvalue weighted by atomic mass is 10.1. The maximum absolute atomic E-state index is 11.6. The van der Waals surface area contributed by atoms with E-state index in [-0.39, 0.29) is 51.1 Å². The second-order valence-corrected chi connectivity index (χ2v) is 10.1. The zero-order valence-electron chi connectivity index (χ0n) is 25.1. The molecule has 0 spiro atoms. The number of hydrogen-bond acceptors (Lipinski definition) is 16. The van der Waals surface area contributed by atoms with Crippen molar-refractivity contribution in [3.8, 4) is 0 Å². The number of thiol groups is 3. The van der Waals surface area contributed by atoms with Crippen LogP contribution in [-0.2, 0) is 44.7 Å². The molecule has 272 valence electrons. The summed E-state index contributed by atoms with van der Waals surface area (Å²) in [5.74, 6) is -4.77. The van der Waals surface area contributed by atoms with Crippen LogP contribution in [0.1, 0.15) is 26.4 Å². The number of amides is 2. The van der Waals surface area contributed by atoms with Crippen LogP contribution in [-0.4, -0.2) is 127 Å². The largest absolute Gasteiger partial charge is 0.480 e. The van der Waals surface area contributed by atoms with Gasteiger partial charge >= 0.3 is 23.9 Å². The van der Waals surface area contributed by atoms with E-state index < -0.39 is 66.6 Å². The third-order valence-electron chi connectivity index (χ3n) is 5.02. The van der Waals surface area contributed by atoms with Crippen LogP contribution in [0, 0.1) is 5.92 Å². The lowest BCUT2D eigenvalue weighted by Gasteiger charge is -2.15. The SMILES string of the molecule is NC(CCC(=O)NCC(CS)C(=O)NCC(=O)O)OC=O.NC(CCS)C(=O)O.NC(CS)C(=O)O.NC(Cc1cnc[nH]1)C(=O)O.[HH]. The molecule has 1 aromatic rings. The number of carboxylic acid groups (broad SMARTS) is 4. The number of aromatic amines is 1. The Labute approximate surface area is 287 Å². The van der Waals surface area contributed by atoms with Crippen LogP contribution < -0.4 is 33.6 Å². The number of nitrogens with two attached hydrogens (primary N) is 4. The molecular formula is C24H46N8O12S3. The van der Waals surface area contributed by atoms with Crippen LogP contribution in [0.2, 0.25) is 0 Å². The summed E-state index contributed by atoms with van der Waals surface area (Å²) in [7, 11) is 0. The van der Waals surface area contributed by atoms with Gasteiger partial charge in [0.25, 0.3) is 6.47 Å². The molecule has 0 aliphatic carbocycles. The summed E-state index contributed by atoms with van der Waals surface area (Å²) >= 11 is 11.4. The number of hydrogen-bond donors (Lipinski definition) is 14. The van der Waals surface area contributed by atoms with Crippen molar-refractivity contribution in [2.75, 3.05) is 30.3 Å². The maximum Gasteiger partial charge on any atom is 0.322 e. The molecule has 0 fully saturated rings. The molecule has 0 saturated heterocycles. The van der Waals surface area contributed by atoms with Gasteiger partial charge in [0.15, 0.2) is 6.23 Å². The molecule has 5 atom stereocenters. The lowest BCUT2D eigenvalue weighted by Crippen LogP contribution is -2.41. The van der Waals surface area contributed by atoms with Gasteiger partial charge in [-0.25, -0.2) is 4.98 Å². The molecule has 5 unspecified atom stereocenters. The van der Waals surface area contributed by atoms with E-state index in [1.807, 2.05) is 0 Å². The smallest absolute Gasteiger partial charge is 0.322 e. The van der Waals surface area contributed by atoms with Crippen LogP contribution in [0.25, 0.3) is 0 Å². The molecule has 1 heterocycles. The van der Waals surface area contributed by atoms with E-state index >= 15 is 0 Å². The molecule has 1 rings (SSSR count). The number of nitrogens with one attached hydrogen (secondary N) is 3. The van der Waals surface area contributed by atoms with Crippen LogP contribution in [0.3, 0.4) is 0 Å². The first-order valence-electron chi connectivity index (χ1n) is 13.3. The van der Waals surface area contributed by atoms with E-state index in [2.05, 4.69) is 63.2 Å². The fourth-order valence-corrected chi connectivity index (χ4v) is 3.08. The summed E-state index contributed by atoms with van der Waals surface area (Å²) in [5, 5.41) is 37.7. The minimum absolute atomic E-state index is 0. The maximum atomic E-state index is 11.6. The van der Waals surface area contributed by atoms with Crippen molar-refractivity contribution >= 4 is 80.1 Å². The molecule has 0 aliphatic rings. The van der Waals surface area contributed by atoms with E-state index in [1.165, 1.54) is 6.33 Å². The van der Waals surface area contributed by atoms with Gasteiger partial charge in [-0.2, -0.15) is 37.9 Å². The predicted molar refractivity (Wildman–Crippen MR) is 179 cm³/mol. The van der Waals surface area contributed by atoms with Gasteiger partial charge in [-0.3, -0.25) is 39.3 Å². The van der Waals surface area contributed by atoms with Gasteiger partial charge in [-0.05, 0) is 12.2 Å². The van der Waals surface area contributed by atoms with Crippen molar-refractivity contribution in [1.82, 2.24) is 20.6 Å². The van der Waals surface area contributed by atoms with E-state index in [1.54, 1.807) is 6.20 Å². The van der Waals surface area contributed by atoms with E-state index in [4.69, 9.17) is 43.4 Å². The standard InChI is InChI=1S/C11H19N3O6S.C6H9N3O2.C4H9NO2S.C3H7NO2S.H2/c12-8(20-6-15)1-2-9(16)13-3-7(5-21)11(19)14-4-10(17)18;7-5(6(10)11)1-4-2-8-3-9-4;5-3(1-2-8)4(6)7;4-2(1-7)3(5)6;/h6-8,21H,1-5,12H2,(H,13,16)(H,14,19)(H,17,18);2-3,5H,1,7H2,(H,8,9)(H,10,11);3,8H,1-2,5H2,(H,6,7);2,7H,1,4H2,(H,5,6);1H. The van der Waals surface area contributed by atoms with Gasteiger partial charge in [-0.15, -0.1) is 0 Å². The number of aliphatic carboxylic acids is 4. The average Bonchev–Trinajstić information content (AvgIpc) is 3.53. The first-order chi connectivity index (χ1) is 22.0. The molecule has 0 saturated carbocycles. The van der Waals surface area contributed by atoms with Gasteiger partial charge < -0.3 is 58.0 Å². The summed E-state index contributed by atoms with van der Waals surface area (Å²) in [6.07, 6.45) is 3.10. The summed E-state index contributed by atoms with van der Waals surface area (Å²) in [5.41, 5.74) is 21.4. The Morgan fingerprint density at radius 1 is 0.894 bits per heavy atom. The number of rotatable bonds is 19. The number of carbonyl (C=O) groups excluding carboxylic acids is 3. The van der Waals surface area contributed by atoms with Gasteiger partial charge in [-0.1, -0.05) is 0 Å². The van der Waals surface area contributed by atoms with Gasteiger partial charge in [0.05, 0.1) is 12.2 Å². The Kier molecular flexibility index (Phi) is 30.3. The number of aromatic nitrogens is 2. The quantitative estimate of drug-likeness (QED) is 0.0377. The predicted octanol–water partition coefficient (Wildman–Crippen LogP) is -3.26. The zero-order valence-corrected chi connectivity index (χ0v) is 27.8. The zero-order chi connectivity index (χ0) is 36.9. The lowest BCUT2D eigenvalue weighted by molar-refractivity contribution is -0.139. The Morgan fingerprint density at radius 3 is 1.83 bits per heavy atom. The molecule has 0 aromatic carbocycles. The molecule has 0 aliphatic heterocycles. The Hall–Kier alpha value is -3.61. The van der Waals surface area contributed by atoms with Crippen LogP contribution in [0.15, 0.2) is 12.5 Å². The van der Waals surface area contributed by atoms with E-state index in [0.29, 0.717) is 12.2 Å². The minimum atomic E-state index is -1.16. The topological polar surface area (TPSA) is 366 Å². The van der Waals surface area contributed by atoms with Crippen molar-refractivity contribution in [3.63, 3.8) is 0 Å². The highest BCUT2D eigenvalue weighted by Crippen LogP contribution is 2.00. The monoisotopic (exact) mass is 734 g/mol. The Balaban J connectivity index is -0.000000299. The van der Waals surface area contributed by atoms with Crippen molar-refractivity contribution in [1.29, 1.82) is 0 Å². The molecular weight excluding hydrogens is 689 g/mol. The number of ether oxygens (including phenoxy) is 1. The fourth-order valence-electron chi connectivity index (χ4n) is 2.35. The van der Waals surface area contributed by atoms with Crippen molar-refractivity contribution < 1.29 is 60.2 Å². The molecule has 1 aromatic heterocycles. The second kappa shape index (κ2) is 29.8.